The first-order valence-corrected chi connectivity index (χ1v) is 5.69. The predicted molar refractivity (Wildman–Crippen MR) is 58.6 cm³/mol. The lowest BCUT2D eigenvalue weighted by Crippen LogP contribution is -1.95. The molecule has 14 heavy (non-hydrogen) atoms. The van der Waals surface area contributed by atoms with Crippen molar-refractivity contribution >= 4 is 22.9 Å². The maximum atomic E-state index is 5.75. The van der Waals surface area contributed by atoms with E-state index in [0.717, 1.165) is 23.5 Å². The Labute approximate surface area is 91.4 Å². The van der Waals surface area contributed by atoms with Crippen molar-refractivity contribution in [3.05, 3.63) is 22.9 Å². The molecule has 0 saturated heterocycles. The van der Waals surface area contributed by atoms with E-state index in [1.165, 1.54) is 11.3 Å². The SMILES string of the molecule is CCCn1cc(-c2nc(Cl)cs2)cn1. The largest absolute Gasteiger partial charge is 0.272 e. The lowest BCUT2D eigenvalue weighted by atomic mass is 10.4. The van der Waals surface area contributed by atoms with Crippen LogP contribution in [0, 0.1) is 0 Å². The van der Waals surface area contributed by atoms with Crippen LogP contribution in [-0.4, -0.2) is 14.8 Å². The van der Waals surface area contributed by atoms with E-state index >= 15 is 0 Å². The minimum absolute atomic E-state index is 0.549. The Morgan fingerprint density at radius 1 is 1.57 bits per heavy atom. The van der Waals surface area contributed by atoms with Gasteiger partial charge in [-0.2, -0.15) is 5.10 Å². The molecule has 0 aliphatic heterocycles. The summed E-state index contributed by atoms with van der Waals surface area (Å²) in [5, 5.41) is 7.54. The van der Waals surface area contributed by atoms with Gasteiger partial charge >= 0.3 is 0 Å². The zero-order chi connectivity index (χ0) is 9.97. The van der Waals surface area contributed by atoms with Crippen LogP contribution in [0.5, 0.6) is 0 Å². The van der Waals surface area contributed by atoms with E-state index in [1.807, 2.05) is 22.5 Å². The number of nitrogens with zero attached hydrogens (tertiary/aromatic N) is 3. The van der Waals surface area contributed by atoms with E-state index in [1.54, 1.807) is 0 Å². The van der Waals surface area contributed by atoms with Crippen LogP contribution in [0.1, 0.15) is 13.3 Å². The summed E-state index contributed by atoms with van der Waals surface area (Å²) < 4.78 is 1.92. The highest BCUT2D eigenvalue weighted by atomic mass is 35.5. The molecule has 5 heteroatoms. The molecule has 2 aromatic rings. The second kappa shape index (κ2) is 4.11. The minimum atomic E-state index is 0.549. The Hall–Kier alpha value is -0.870. The van der Waals surface area contributed by atoms with Gasteiger partial charge in [-0.3, -0.25) is 4.68 Å². The summed E-state index contributed by atoms with van der Waals surface area (Å²) in [6.07, 6.45) is 4.91. The van der Waals surface area contributed by atoms with E-state index in [-0.39, 0.29) is 0 Å². The molecule has 0 bridgehead atoms. The first-order valence-electron chi connectivity index (χ1n) is 4.43. The number of thiazole rings is 1. The highest BCUT2D eigenvalue weighted by Crippen LogP contribution is 2.24. The van der Waals surface area contributed by atoms with Gasteiger partial charge in [0.15, 0.2) is 0 Å². The molecule has 2 aromatic heterocycles. The summed E-state index contributed by atoms with van der Waals surface area (Å²) in [4.78, 5) is 4.19. The fourth-order valence-corrected chi connectivity index (χ4v) is 2.13. The van der Waals surface area contributed by atoms with Crippen molar-refractivity contribution in [2.24, 2.45) is 0 Å². The van der Waals surface area contributed by atoms with Crippen molar-refractivity contribution < 1.29 is 0 Å². The van der Waals surface area contributed by atoms with Gasteiger partial charge in [0, 0.05) is 23.7 Å². The molecule has 2 rings (SSSR count). The molecule has 0 saturated carbocycles. The number of hydrogen-bond acceptors (Lipinski definition) is 3. The predicted octanol–water partition coefficient (Wildman–Crippen LogP) is 3.07. The quantitative estimate of drug-likeness (QED) is 0.807. The zero-order valence-corrected chi connectivity index (χ0v) is 9.35. The van der Waals surface area contributed by atoms with Gasteiger partial charge < -0.3 is 0 Å². The van der Waals surface area contributed by atoms with Crippen LogP contribution in [0.25, 0.3) is 10.6 Å². The maximum absolute atomic E-state index is 5.75. The summed E-state index contributed by atoms with van der Waals surface area (Å²) in [5.41, 5.74) is 1.04. The molecule has 74 valence electrons. The van der Waals surface area contributed by atoms with Crippen molar-refractivity contribution in [3.8, 4) is 10.6 Å². The monoisotopic (exact) mass is 227 g/mol. The van der Waals surface area contributed by atoms with Crippen LogP contribution in [0.15, 0.2) is 17.8 Å². The lowest BCUT2D eigenvalue weighted by Gasteiger charge is -1.94. The second-order valence-electron chi connectivity index (χ2n) is 2.97. The normalized spacial score (nSPS) is 10.7. The summed E-state index contributed by atoms with van der Waals surface area (Å²) in [7, 11) is 0. The van der Waals surface area contributed by atoms with Crippen molar-refractivity contribution in [1.82, 2.24) is 14.8 Å². The number of rotatable bonds is 3. The van der Waals surface area contributed by atoms with Gasteiger partial charge in [-0.05, 0) is 6.42 Å². The summed E-state index contributed by atoms with van der Waals surface area (Å²) >= 11 is 7.29. The van der Waals surface area contributed by atoms with Gasteiger partial charge in [0.1, 0.15) is 10.2 Å². The molecule has 0 unspecified atom stereocenters. The number of halogens is 1. The first kappa shape index (κ1) is 9.68. The molecule has 0 aromatic carbocycles. The van der Waals surface area contributed by atoms with Crippen LogP contribution in [0.4, 0.5) is 0 Å². The molecule has 0 radical (unpaired) electrons. The zero-order valence-electron chi connectivity index (χ0n) is 7.77. The third-order valence-electron chi connectivity index (χ3n) is 1.81. The minimum Gasteiger partial charge on any atom is -0.272 e. The Bertz CT molecular complexity index is 421. The van der Waals surface area contributed by atoms with Gasteiger partial charge in [-0.25, -0.2) is 4.98 Å². The highest BCUT2D eigenvalue weighted by molar-refractivity contribution is 7.13. The Kier molecular flexibility index (Phi) is 2.84. The third kappa shape index (κ3) is 1.96. The molecule has 0 spiro atoms. The van der Waals surface area contributed by atoms with Gasteiger partial charge in [0.25, 0.3) is 0 Å². The third-order valence-corrected chi connectivity index (χ3v) is 3.02. The number of aryl methyl sites for hydroxylation is 1. The molecular formula is C9H10ClN3S. The molecule has 3 nitrogen and oxygen atoms in total. The van der Waals surface area contributed by atoms with Crippen LogP contribution >= 0.6 is 22.9 Å². The molecule has 0 amide bonds. The van der Waals surface area contributed by atoms with Crippen molar-refractivity contribution in [1.29, 1.82) is 0 Å². The van der Waals surface area contributed by atoms with Crippen molar-refractivity contribution in [3.63, 3.8) is 0 Å². The smallest absolute Gasteiger partial charge is 0.140 e. The van der Waals surface area contributed by atoms with E-state index in [4.69, 9.17) is 11.6 Å². The molecule has 0 fully saturated rings. The van der Waals surface area contributed by atoms with Gasteiger partial charge in [-0.1, -0.05) is 18.5 Å². The fraction of sp³-hybridized carbons (Fsp3) is 0.333. The molecule has 2 heterocycles. The fourth-order valence-electron chi connectivity index (χ4n) is 1.21. The average Bonchev–Trinajstić information content (AvgIpc) is 2.74. The van der Waals surface area contributed by atoms with Gasteiger partial charge in [0.2, 0.25) is 0 Å². The van der Waals surface area contributed by atoms with Crippen LogP contribution in [0.3, 0.4) is 0 Å². The average molecular weight is 228 g/mol. The Morgan fingerprint density at radius 3 is 3.07 bits per heavy atom. The summed E-state index contributed by atoms with van der Waals surface area (Å²) in [6, 6.07) is 0. The van der Waals surface area contributed by atoms with E-state index in [0.29, 0.717) is 5.15 Å². The van der Waals surface area contributed by atoms with E-state index < -0.39 is 0 Å². The molecule has 0 aliphatic carbocycles. The van der Waals surface area contributed by atoms with Gasteiger partial charge in [0.05, 0.1) is 6.20 Å². The second-order valence-corrected chi connectivity index (χ2v) is 4.21. The van der Waals surface area contributed by atoms with E-state index in [2.05, 4.69) is 17.0 Å². The molecule has 0 atom stereocenters. The van der Waals surface area contributed by atoms with Gasteiger partial charge in [-0.15, -0.1) is 11.3 Å². The number of aromatic nitrogens is 3. The maximum Gasteiger partial charge on any atom is 0.140 e. The molecular weight excluding hydrogens is 218 g/mol. The Morgan fingerprint density at radius 2 is 2.43 bits per heavy atom. The van der Waals surface area contributed by atoms with Crippen molar-refractivity contribution in [2.45, 2.75) is 19.9 Å². The van der Waals surface area contributed by atoms with E-state index in [9.17, 15) is 0 Å². The topological polar surface area (TPSA) is 30.7 Å². The Balaban J connectivity index is 2.24. The van der Waals surface area contributed by atoms with Crippen LogP contribution < -0.4 is 0 Å². The number of hydrogen-bond donors (Lipinski definition) is 0. The molecule has 0 N–H and O–H groups in total. The first-order chi connectivity index (χ1) is 6.79. The van der Waals surface area contributed by atoms with Crippen LogP contribution in [-0.2, 0) is 6.54 Å². The van der Waals surface area contributed by atoms with Crippen LogP contribution in [0.2, 0.25) is 5.15 Å². The lowest BCUT2D eigenvalue weighted by molar-refractivity contribution is 0.603. The highest BCUT2D eigenvalue weighted by Gasteiger charge is 2.05. The standard InChI is InChI=1S/C9H10ClN3S/c1-2-3-13-5-7(4-11-13)9-12-8(10)6-14-9/h4-6H,2-3H2,1H3. The summed E-state index contributed by atoms with van der Waals surface area (Å²) in [5.74, 6) is 0. The summed E-state index contributed by atoms with van der Waals surface area (Å²) in [6.45, 7) is 3.07. The van der Waals surface area contributed by atoms with Crippen molar-refractivity contribution in [2.75, 3.05) is 0 Å². The molecule has 0 aliphatic rings.